The summed E-state index contributed by atoms with van der Waals surface area (Å²) in [6.45, 7) is 3.19. The van der Waals surface area contributed by atoms with E-state index in [0.29, 0.717) is 29.8 Å². The van der Waals surface area contributed by atoms with Crippen LogP contribution in [0.2, 0.25) is 10.0 Å². The van der Waals surface area contributed by atoms with Crippen LogP contribution in [-0.4, -0.2) is 49.9 Å². The molecular formula is C13H15Cl2N3O2. The van der Waals surface area contributed by atoms with Crippen LogP contribution >= 0.6 is 23.2 Å². The second kappa shape index (κ2) is 7.59. The number of halogens is 2. The summed E-state index contributed by atoms with van der Waals surface area (Å²) in [5.41, 5.74) is 3.25. The molecule has 0 atom stereocenters. The minimum Gasteiger partial charge on any atom is -0.379 e. The van der Waals surface area contributed by atoms with Crippen LogP contribution in [0.5, 0.6) is 0 Å². The summed E-state index contributed by atoms with van der Waals surface area (Å²) in [6.07, 6.45) is 1.53. The standard InChI is InChI=1S/C13H15Cl2N3O2/c14-11-2-1-10(7-12(11)15)8-16-17-13(19)9-18-3-5-20-6-4-18/h1-2,7-8H,3-6,9H2,(H,17,19)/b16-8+. The molecule has 1 aliphatic heterocycles. The lowest BCUT2D eigenvalue weighted by Crippen LogP contribution is -2.42. The number of hydrogen-bond acceptors (Lipinski definition) is 4. The van der Waals surface area contributed by atoms with E-state index in [0.717, 1.165) is 18.7 Å². The van der Waals surface area contributed by atoms with E-state index in [4.69, 9.17) is 27.9 Å². The Morgan fingerprint density at radius 2 is 2.10 bits per heavy atom. The monoisotopic (exact) mass is 315 g/mol. The van der Waals surface area contributed by atoms with Crippen molar-refractivity contribution < 1.29 is 9.53 Å². The van der Waals surface area contributed by atoms with Gasteiger partial charge in [0, 0.05) is 13.1 Å². The summed E-state index contributed by atoms with van der Waals surface area (Å²) in [5, 5.41) is 4.83. The van der Waals surface area contributed by atoms with Gasteiger partial charge in [-0.05, 0) is 17.7 Å². The van der Waals surface area contributed by atoms with Gasteiger partial charge in [-0.2, -0.15) is 5.10 Å². The van der Waals surface area contributed by atoms with Crippen molar-refractivity contribution in [2.45, 2.75) is 0 Å². The minimum atomic E-state index is -0.150. The lowest BCUT2D eigenvalue weighted by molar-refractivity contribution is -0.123. The van der Waals surface area contributed by atoms with Crippen molar-refractivity contribution in [3.63, 3.8) is 0 Å². The maximum atomic E-state index is 11.7. The van der Waals surface area contributed by atoms with Crippen LogP contribution in [-0.2, 0) is 9.53 Å². The van der Waals surface area contributed by atoms with Gasteiger partial charge >= 0.3 is 0 Å². The molecule has 0 spiro atoms. The normalized spacial score (nSPS) is 16.5. The van der Waals surface area contributed by atoms with Crippen LogP contribution in [0, 0.1) is 0 Å². The molecule has 1 aliphatic rings. The first-order chi connectivity index (χ1) is 9.65. The highest BCUT2D eigenvalue weighted by molar-refractivity contribution is 6.42. The largest absolute Gasteiger partial charge is 0.379 e. The van der Waals surface area contributed by atoms with E-state index < -0.39 is 0 Å². The molecule has 1 N–H and O–H groups in total. The predicted octanol–water partition coefficient (Wildman–Crippen LogP) is 1.78. The number of nitrogens with one attached hydrogen (secondary N) is 1. The van der Waals surface area contributed by atoms with Gasteiger partial charge < -0.3 is 4.74 Å². The van der Waals surface area contributed by atoms with Gasteiger partial charge in [-0.3, -0.25) is 9.69 Å². The highest BCUT2D eigenvalue weighted by Gasteiger charge is 2.13. The molecule has 1 aromatic rings. The SMILES string of the molecule is O=C(CN1CCOCC1)N/N=C/c1ccc(Cl)c(Cl)c1. The topological polar surface area (TPSA) is 53.9 Å². The summed E-state index contributed by atoms with van der Waals surface area (Å²) in [4.78, 5) is 13.7. The molecule has 1 heterocycles. The van der Waals surface area contributed by atoms with E-state index in [1.807, 2.05) is 4.90 Å². The van der Waals surface area contributed by atoms with Crippen molar-refractivity contribution in [2.75, 3.05) is 32.8 Å². The Kier molecular flexibility index (Phi) is 5.79. The number of hydrazone groups is 1. The van der Waals surface area contributed by atoms with Gasteiger partial charge in [-0.25, -0.2) is 5.43 Å². The molecule has 0 saturated carbocycles. The lowest BCUT2D eigenvalue weighted by atomic mass is 10.2. The molecule has 0 bridgehead atoms. The Hall–Kier alpha value is -1.14. The Labute approximate surface area is 127 Å². The molecule has 0 radical (unpaired) electrons. The van der Waals surface area contributed by atoms with Crippen molar-refractivity contribution in [2.24, 2.45) is 5.10 Å². The van der Waals surface area contributed by atoms with Crippen LogP contribution in [0.1, 0.15) is 5.56 Å². The summed E-state index contributed by atoms with van der Waals surface area (Å²) in [7, 11) is 0. The number of rotatable bonds is 4. The summed E-state index contributed by atoms with van der Waals surface area (Å²) in [5.74, 6) is -0.150. The van der Waals surface area contributed by atoms with Crippen molar-refractivity contribution in [1.82, 2.24) is 10.3 Å². The number of ether oxygens (including phenoxy) is 1. The lowest BCUT2D eigenvalue weighted by Gasteiger charge is -2.25. The summed E-state index contributed by atoms with van der Waals surface area (Å²) < 4.78 is 5.21. The van der Waals surface area contributed by atoms with Gasteiger partial charge in [-0.1, -0.05) is 29.3 Å². The zero-order chi connectivity index (χ0) is 14.4. The Morgan fingerprint density at radius 1 is 1.35 bits per heavy atom. The maximum Gasteiger partial charge on any atom is 0.254 e. The number of benzene rings is 1. The molecule has 1 saturated heterocycles. The van der Waals surface area contributed by atoms with Crippen LogP contribution in [0.15, 0.2) is 23.3 Å². The fourth-order valence-electron chi connectivity index (χ4n) is 1.77. The van der Waals surface area contributed by atoms with Gasteiger partial charge in [0.1, 0.15) is 0 Å². The zero-order valence-electron chi connectivity index (χ0n) is 10.8. The highest BCUT2D eigenvalue weighted by atomic mass is 35.5. The molecule has 2 rings (SSSR count). The van der Waals surface area contributed by atoms with Crippen LogP contribution in [0.3, 0.4) is 0 Å². The molecule has 7 heteroatoms. The van der Waals surface area contributed by atoms with E-state index >= 15 is 0 Å². The number of carbonyl (C=O) groups excluding carboxylic acids is 1. The van der Waals surface area contributed by atoms with Gasteiger partial charge in [0.15, 0.2) is 0 Å². The molecule has 1 fully saturated rings. The summed E-state index contributed by atoms with van der Waals surface area (Å²) in [6, 6.07) is 5.13. The van der Waals surface area contributed by atoms with E-state index in [1.54, 1.807) is 18.2 Å². The first-order valence-electron chi connectivity index (χ1n) is 6.22. The van der Waals surface area contributed by atoms with E-state index in [2.05, 4.69) is 10.5 Å². The zero-order valence-corrected chi connectivity index (χ0v) is 12.3. The molecule has 0 aromatic heterocycles. The van der Waals surface area contributed by atoms with E-state index in [-0.39, 0.29) is 5.91 Å². The van der Waals surface area contributed by atoms with Crippen LogP contribution < -0.4 is 5.43 Å². The number of carbonyl (C=O) groups is 1. The van der Waals surface area contributed by atoms with Crippen molar-refractivity contribution in [3.8, 4) is 0 Å². The third-order valence-electron chi connectivity index (χ3n) is 2.82. The molecule has 1 amide bonds. The molecular weight excluding hydrogens is 301 g/mol. The van der Waals surface area contributed by atoms with Gasteiger partial charge in [-0.15, -0.1) is 0 Å². The second-order valence-electron chi connectivity index (χ2n) is 4.36. The first-order valence-corrected chi connectivity index (χ1v) is 6.98. The molecule has 5 nitrogen and oxygen atoms in total. The molecule has 20 heavy (non-hydrogen) atoms. The predicted molar refractivity (Wildman–Crippen MR) is 79.5 cm³/mol. The fraction of sp³-hybridized carbons (Fsp3) is 0.385. The Balaban J connectivity index is 1.79. The molecule has 108 valence electrons. The number of nitrogens with zero attached hydrogens (tertiary/aromatic N) is 2. The molecule has 1 aromatic carbocycles. The Bertz CT molecular complexity index is 502. The van der Waals surface area contributed by atoms with Crippen molar-refractivity contribution in [1.29, 1.82) is 0 Å². The second-order valence-corrected chi connectivity index (χ2v) is 5.17. The van der Waals surface area contributed by atoms with Crippen molar-refractivity contribution in [3.05, 3.63) is 33.8 Å². The Morgan fingerprint density at radius 3 is 2.80 bits per heavy atom. The van der Waals surface area contributed by atoms with E-state index in [1.165, 1.54) is 6.21 Å². The average Bonchev–Trinajstić information content (AvgIpc) is 2.44. The maximum absolute atomic E-state index is 11.7. The average molecular weight is 316 g/mol. The highest BCUT2D eigenvalue weighted by Crippen LogP contribution is 2.21. The number of hydrogen-bond donors (Lipinski definition) is 1. The van der Waals surface area contributed by atoms with Crippen LogP contribution in [0.4, 0.5) is 0 Å². The number of morpholine rings is 1. The van der Waals surface area contributed by atoms with Gasteiger partial charge in [0.05, 0.1) is 36.0 Å². The molecule has 0 unspecified atom stereocenters. The smallest absolute Gasteiger partial charge is 0.254 e. The quantitative estimate of drug-likeness (QED) is 0.680. The van der Waals surface area contributed by atoms with Gasteiger partial charge in [0.25, 0.3) is 5.91 Å². The van der Waals surface area contributed by atoms with Gasteiger partial charge in [0.2, 0.25) is 0 Å². The third-order valence-corrected chi connectivity index (χ3v) is 3.56. The van der Waals surface area contributed by atoms with Crippen molar-refractivity contribution >= 4 is 35.3 Å². The minimum absolute atomic E-state index is 0.150. The third kappa shape index (κ3) is 4.76. The van der Waals surface area contributed by atoms with E-state index in [9.17, 15) is 4.79 Å². The molecule has 0 aliphatic carbocycles. The fourth-order valence-corrected chi connectivity index (χ4v) is 2.08. The first kappa shape index (κ1) is 15.3. The number of amides is 1. The van der Waals surface area contributed by atoms with Crippen LogP contribution in [0.25, 0.3) is 0 Å². The summed E-state index contributed by atoms with van der Waals surface area (Å²) >= 11 is 11.7.